The molecule has 0 spiro atoms. The van der Waals surface area contributed by atoms with E-state index in [9.17, 15) is 8.78 Å². The van der Waals surface area contributed by atoms with Crippen LogP contribution in [0, 0.1) is 20.8 Å². The fourth-order valence-electron chi connectivity index (χ4n) is 1.75. The van der Waals surface area contributed by atoms with Crippen LogP contribution in [0.15, 0.2) is 12.1 Å². The molecule has 4 heteroatoms. The van der Waals surface area contributed by atoms with Gasteiger partial charge in [0, 0.05) is 13.1 Å². The van der Waals surface area contributed by atoms with E-state index in [-0.39, 0.29) is 0 Å². The number of hydrogen-bond acceptors (Lipinski definition) is 2. The van der Waals surface area contributed by atoms with Crippen molar-refractivity contribution in [3.8, 4) is 0 Å². The van der Waals surface area contributed by atoms with Crippen LogP contribution >= 0.6 is 0 Å². The molecule has 2 nitrogen and oxygen atoms in total. The van der Waals surface area contributed by atoms with Gasteiger partial charge in [-0.05, 0) is 43.0 Å². The zero-order valence-electron chi connectivity index (χ0n) is 11.2. The highest BCUT2D eigenvalue weighted by Gasteiger charge is 2.03. The van der Waals surface area contributed by atoms with E-state index in [4.69, 9.17) is 4.74 Å². The Balaban J connectivity index is 2.29. The van der Waals surface area contributed by atoms with Gasteiger partial charge in [-0.15, -0.1) is 0 Å². The highest BCUT2D eigenvalue weighted by atomic mass is 19.3. The molecule has 0 saturated heterocycles. The van der Waals surface area contributed by atoms with Crippen molar-refractivity contribution in [2.45, 2.75) is 33.7 Å². The average molecular weight is 257 g/mol. The van der Waals surface area contributed by atoms with E-state index in [2.05, 4.69) is 38.2 Å². The first-order valence-corrected chi connectivity index (χ1v) is 6.14. The van der Waals surface area contributed by atoms with Crippen LogP contribution in [0.2, 0.25) is 0 Å². The normalized spacial score (nSPS) is 11.2. The topological polar surface area (TPSA) is 21.3 Å². The lowest BCUT2D eigenvalue weighted by Gasteiger charge is -2.11. The van der Waals surface area contributed by atoms with Crippen molar-refractivity contribution in [3.63, 3.8) is 0 Å². The third-order valence-corrected chi connectivity index (χ3v) is 2.93. The summed E-state index contributed by atoms with van der Waals surface area (Å²) in [6, 6.07) is 4.33. The smallest absolute Gasteiger partial charge is 0.261 e. The first-order chi connectivity index (χ1) is 8.50. The monoisotopic (exact) mass is 257 g/mol. The zero-order chi connectivity index (χ0) is 13.5. The lowest BCUT2D eigenvalue weighted by Crippen LogP contribution is -2.21. The van der Waals surface area contributed by atoms with Gasteiger partial charge in [-0.1, -0.05) is 12.1 Å². The lowest BCUT2D eigenvalue weighted by atomic mass is 10.0. The molecule has 0 aromatic heterocycles. The molecule has 0 fully saturated rings. The molecule has 0 aliphatic rings. The number of halogens is 2. The molecule has 0 atom stereocenters. The van der Waals surface area contributed by atoms with Crippen molar-refractivity contribution in [1.29, 1.82) is 0 Å². The molecule has 0 amide bonds. The summed E-state index contributed by atoms with van der Waals surface area (Å²) in [6.07, 6.45) is -2.38. The third kappa shape index (κ3) is 5.10. The van der Waals surface area contributed by atoms with Gasteiger partial charge < -0.3 is 10.1 Å². The van der Waals surface area contributed by atoms with Crippen LogP contribution in [0.4, 0.5) is 8.78 Å². The Kier molecular flexibility index (Phi) is 6.22. The molecule has 0 saturated carbocycles. The standard InChI is InChI=1S/C14H21F2NO/c1-10-6-12(3)13(7-11(10)2)8-17-4-5-18-9-14(15)16/h6-7,14,17H,4-5,8-9H2,1-3H3. The van der Waals surface area contributed by atoms with Crippen molar-refractivity contribution in [1.82, 2.24) is 5.32 Å². The molecule has 0 aliphatic heterocycles. The van der Waals surface area contributed by atoms with Crippen LogP contribution in [0.5, 0.6) is 0 Å². The maximum Gasteiger partial charge on any atom is 0.261 e. The summed E-state index contributed by atoms with van der Waals surface area (Å²) >= 11 is 0. The van der Waals surface area contributed by atoms with Crippen LogP contribution in [-0.2, 0) is 11.3 Å². The molecule has 0 aliphatic carbocycles. The first-order valence-electron chi connectivity index (χ1n) is 6.14. The molecule has 102 valence electrons. The van der Waals surface area contributed by atoms with Crippen LogP contribution < -0.4 is 5.32 Å². The van der Waals surface area contributed by atoms with Crippen molar-refractivity contribution < 1.29 is 13.5 Å². The van der Waals surface area contributed by atoms with E-state index in [0.29, 0.717) is 13.2 Å². The number of ether oxygens (including phenoxy) is 1. The Morgan fingerprint density at radius 3 is 2.44 bits per heavy atom. The summed E-state index contributed by atoms with van der Waals surface area (Å²) in [7, 11) is 0. The first kappa shape index (κ1) is 15.1. The van der Waals surface area contributed by atoms with Gasteiger partial charge in [0.1, 0.15) is 6.61 Å². The van der Waals surface area contributed by atoms with E-state index >= 15 is 0 Å². The minimum absolute atomic E-state index is 0.314. The summed E-state index contributed by atoms with van der Waals surface area (Å²) < 4.78 is 28.4. The Bertz CT molecular complexity index is 380. The van der Waals surface area contributed by atoms with Gasteiger partial charge in [-0.2, -0.15) is 0 Å². The number of aryl methyl sites for hydroxylation is 3. The summed E-state index contributed by atoms with van der Waals surface area (Å²) in [5.74, 6) is 0. The van der Waals surface area contributed by atoms with E-state index in [1.165, 1.54) is 22.3 Å². The van der Waals surface area contributed by atoms with E-state index in [1.54, 1.807) is 0 Å². The lowest BCUT2D eigenvalue weighted by molar-refractivity contribution is 0.0187. The van der Waals surface area contributed by atoms with Gasteiger partial charge in [0.25, 0.3) is 6.43 Å². The predicted octanol–water partition coefficient (Wildman–Crippen LogP) is 2.98. The van der Waals surface area contributed by atoms with Gasteiger partial charge >= 0.3 is 0 Å². The molecule has 0 unspecified atom stereocenters. The molecule has 1 rings (SSSR count). The SMILES string of the molecule is Cc1cc(C)c(CNCCOCC(F)F)cc1C. The second kappa shape index (κ2) is 7.44. The zero-order valence-corrected chi connectivity index (χ0v) is 11.2. The molecule has 1 aromatic carbocycles. The van der Waals surface area contributed by atoms with Crippen LogP contribution in [-0.4, -0.2) is 26.2 Å². The summed E-state index contributed by atoms with van der Waals surface area (Å²) in [6.45, 7) is 7.42. The van der Waals surface area contributed by atoms with Crippen LogP contribution in [0.25, 0.3) is 0 Å². The van der Waals surface area contributed by atoms with Crippen molar-refractivity contribution in [2.75, 3.05) is 19.8 Å². The minimum atomic E-state index is -2.38. The van der Waals surface area contributed by atoms with E-state index < -0.39 is 13.0 Å². The number of rotatable bonds is 7. The maximum absolute atomic E-state index is 11.8. The Hall–Kier alpha value is -1.00. The van der Waals surface area contributed by atoms with Gasteiger partial charge in [0.05, 0.1) is 6.61 Å². The van der Waals surface area contributed by atoms with Gasteiger partial charge in [0.2, 0.25) is 0 Å². The second-order valence-corrected chi connectivity index (χ2v) is 4.51. The fraction of sp³-hybridized carbons (Fsp3) is 0.571. The van der Waals surface area contributed by atoms with Crippen LogP contribution in [0.3, 0.4) is 0 Å². The highest BCUT2D eigenvalue weighted by Crippen LogP contribution is 2.14. The quantitative estimate of drug-likeness (QED) is 0.758. The molecule has 0 heterocycles. The van der Waals surface area contributed by atoms with Gasteiger partial charge in [-0.25, -0.2) is 8.78 Å². The molecule has 18 heavy (non-hydrogen) atoms. The Labute approximate surface area is 107 Å². The van der Waals surface area contributed by atoms with Crippen LogP contribution in [0.1, 0.15) is 22.3 Å². The fourth-order valence-corrected chi connectivity index (χ4v) is 1.75. The largest absolute Gasteiger partial charge is 0.374 e. The summed E-state index contributed by atoms with van der Waals surface area (Å²) in [4.78, 5) is 0. The second-order valence-electron chi connectivity index (χ2n) is 4.51. The van der Waals surface area contributed by atoms with Crippen molar-refractivity contribution in [2.24, 2.45) is 0 Å². The van der Waals surface area contributed by atoms with Crippen molar-refractivity contribution in [3.05, 3.63) is 34.4 Å². The molecular weight excluding hydrogens is 236 g/mol. The number of alkyl halides is 2. The number of nitrogens with one attached hydrogen (secondary N) is 1. The Morgan fingerprint density at radius 1 is 1.11 bits per heavy atom. The van der Waals surface area contributed by atoms with Gasteiger partial charge in [0.15, 0.2) is 0 Å². The number of hydrogen-bond donors (Lipinski definition) is 1. The number of benzene rings is 1. The average Bonchev–Trinajstić information content (AvgIpc) is 2.29. The Morgan fingerprint density at radius 2 is 1.78 bits per heavy atom. The third-order valence-electron chi connectivity index (χ3n) is 2.93. The molecular formula is C14H21F2NO. The molecule has 0 bridgehead atoms. The molecule has 1 N–H and O–H groups in total. The minimum Gasteiger partial charge on any atom is -0.374 e. The van der Waals surface area contributed by atoms with Crippen molar-refractivity contribution >= 4 is 0 Å². The summed E-state index contributed by atoms with van der Waals surface area (Å²) in [5, 5.41) is 3.19. The van der Waals surface area contributed by atoms with E-state index in [1.807, 2.05) is 0 Å². The molecule has 1 aromatic rings. The highest BCUT2D eigenvalue weighted by molar-refractivity contribution is 5.36. The maximum atomic E-state index is 11.8. The van der Waals surface area contributed by atoms with Gasteiger partial charge in [-0.3, -0.25) is 0 Å². The molecule has 0 radical (unpaired) electrons. The van der Waals surface area contributed by atoms with E-state index in [0.717, 1.165) is 6.54 Å². The summed E-state index contributed by atoms with van der Waals surface area (Å²) in [5.41, 5.74) is 5.05. The predicted molar refractivity (Wildman–Crippen MR) is 69.2 cm³/mol.